The number of aryl methyl sites for hydroxylation is 1. The van der Waals surface area contributed by atoms with Crippen molar-refractivity contribution in [2.75, 3.05) is 0 Å². The number of benzene rings is 1. The van der Waals surface area contributed by atoms with Gasteiger partial charge in [-0.05, 0) is 37.3 Å². The van der Waals surface area contributed by atoms with Gasteiger partial charge < -0.3 is 4.74 Å². The summed E-state index contributed by atoms with van der Waals surface area (Å²) < 4.78 is 6.42. The quantitative estimate of drug-likeness (QED) is 0.740. The molecular formula is C16H24O. The van der Waals surface area contributed by atoms with Crippen LogP contribution in [0.4, 0.5) is 0 Å². The number of rotatable bonds is 3. The molecule has 1 heterocycles. The van der Waals surface area contributed by atoms with Crippen molar-refractivity contribution in [3.05, 3.63) is 29.8 Å². The topological polar surface area (TPSA) is 9.23 Å². The lowest BCUT2D eigenvalue weighted by Crippen LogP contribution is -2.51. The summed E-state index contributed by atoms with van der Waals surface area (Å²) in [5, 5.41) is 0. The van der Waals surface area contributed by atoms with E-state index in [1.807, 2.05) is 0 Å². The van der Waals surface area contributed by atoms with Crippen molar-refractivity contribution in [1.29, 1.82) is 0 Å². The minimum Gasteiger partial charge on any atom is -0.486 e. The van der Waals surface area contributed by atoms with Gasteiger partial charge in [0.25, 0.3) is 0 Å². The highest BCUT2D eigenvalue weighted by molar-refractivity contribution is 5.36. The predicted molar refractivity (Wildman–Crippen MR) is 72.5 cm³/mol. The molecule has 0 aliphatic carbocycles. The second-order valence-electron chi connectivity index (χ2n) is 5.80. The maximum atomic E-state index is 6.42. The van der Waals surface area contributed by atoms with Crippen molar-refractivity contribution in [2.45, 2.75) is 59.0 Å². The Labute approximate surface area is 105 Å². The van der Waals surface area contributed by atoms with Crippen LogP contribution in [0.3, 0.4) is 0 Å². The summed E-state index contributed by atoms with van der Waals surface area (Å²) in [7, 11) is 0. The van der Waals surface area contributed by atoms with Gasteiger partial charge in [-0.15, -0.1) is 0 Å². The molecule has 17 heavy (non-hydrogen) atoms. The van der Waals surface area contributed by atoms with Crippen LogP contribution >= 0.6 is 0 Å². The summed E-state index contributed by atoms with van der Waals surface area (Å²) in [6.07, 6.45) is 4.53. The summed E-state index contributed by atoms with van der Waals surface area (Å²) in [6, 6.07) is 8.48. The molecule has 1 aliphatic heterocycles. The predicted octanol–water partition coefficient (Wildman–Crippen LogP) is 4.60. The van der Waals surface area contributed by atoms with Gasteiger partial charge in [-0.2, -0.15) is 0 Å². The minimum absolute atomic E-state index is 0.0100. The van der Waals surface area contributed by atoms with Crippen LogP contribution in [0.15, 0.2) is 24.3 Å². The third kappa shape index (κ3) is 1.96. The van der Waals surface area contributed by atoms with Crippen LogP contribution < -0.4 is 4.74 Å². The number of fused-ring (bicyclic) bond motifs is 1. The van der Waals surface area contributed by atoms with Crippen molar-refractivity contribution in [2.24, 2.45) is 5.41 Å². The van der Waals surface area contributed by atoms with Gasteiger partial charge in [0.15, 0.2) is 0 Å². The average Bonchev–Trinajstić information content (AvgIpc) is 2.37. The highest BCUT2D eigenvalue weighted by Gasteiger charge is 2.46. The zero-order valence-corrected chi connectivity index (χ0v) is 11.5. The molecule has 0 aromatic heterocycles. The molecule has 1 unspecified atom stereocenters. The lowest BCUT2D eigenvalue weighted by Gasteiger charge is -2.48. The van der Waals surface area contributed by atoms with Crippen LogP contribution in [0.25, 0.3) is 0 Å². The van der Waals surface area contributed by atoms with E-state index in [1.54, 1.807) is 0 Å². The maximum absolute atomic E-state index is 6.42. The van der Waals surface area contributed by atoms with Gasteiger partial charge in [-0.3, -0.25) is 0 Å². The first-order valence-corrected chi connectivity index (χ1v) is 6.81. The van der Waals surface area contributed by atoms with Gasteiger partial charge in [-0.25, -0.2) is 0 Å². The molecule has 1 aliphatic rings. The first-order chi connectivity index (χ1) is 8.04. The van der Waals surface area contributed by atoms with E-state index in [2.05, 4.69) is 52.0 Å². The molecule has 0 bridgehead atoms. The fourth-order valence-corrected chi connectivity index (χ4v) is 2.93. The maximum Gasteiger partial charge on any atom is 0.123 e. The first-order valence-electron chi connectivity index (χ1n) is 6.81. The van der Waals surface area contributed by atoms with Crippen LogP contribution in [0.1, 0.15) is 52.5 Å². The van der Waals surface area contributed by atoms with Gasteiger partial charge >= 0.3 is 0 Å². The van der Waals surface area contributed by atoms with Gasteiger partial charge in [0.05, 0.1) is 0 Å². The smallest absolute Gasteiger partial charge is 0.123 e. The molecule has 0 spiro atoms. The molecule has 0 fully saturated rings. The Hall–Kier alpha value is -0.980. The Morgan fingerprint density at radius 3 is 2.59 bits per heavy atom. The van der Waals surface area contributed by atoms with Gasteiger partial charge in [0, 0.05) is 5.41 Å². The third-order valence-corrected chi connectivity index (χ3v) is 4.76. The lowest BCUT2D eigenvalue weighted by atomic mass is 9.67. The molecule has 0 saturated heterocycles. The Bertz CT molecular complexity index is 394. The Balaban J connectivity index is 2.36. The van der Waals surface area contributed by atoms with Crippen LogP contribution in [-0.4, -0.2) is 5.60 Å². The fraction of sp³-hybridized carbons (Fsp3) is 0.625. The number of para-hydroxylation sites is 1. The molecule has 2 rings (SSSR count). The van der Waals surface area contributed by atoms with Crippen molar-refractivity contribution in [1.82, 2.24) is 0 Å². The van der Waals surface area contributed by atoms with Crippen LogP contribution in [-0.2, 0) is 6.42 Å². The van der Waals surface area contributed by atoms with E-state index in [0.717, 1.165) is 31.4 Å². The van der Waals surface area contributed by atoms with Crippen molar-refractivity contribution in [3.8, 4) is 5.75 Å². The largest absolute Gasteiger partial charge is 0.486 e. The summed E-state index contributed by atoms with van der Waals surface area (Å²) in [5.74, 6) is 1.10. The number of hydrogen-bond donors (Lipinski definition) is 0. The van der Waals surface area contributed by atoms with Crippen LogP contribution in [0.5, 0.6) is 5.75 Å². The van der Waals surface area contributed by atoms with Crippen molar-refractivity contribution >= 4 is 0 Å². The molecule has 0 amide bonds. The molecule has 0 saturated carbocycles. The Morgan fingerprint density at radius 2 is 1.94 bits per heavy atom. The van der Waals surface area contributed by atoms with Crippen molar-refractivity contribution < 1.29 is 4.74 Å². The number of ether oxygens (including phenoxy) is 1. The summed E-state index contributed by atoms with van der Waals surface area (Å²) >= 11 is 0. The number of hydrogen-bond acceptors (Lipinski definition) is 1. The van der Waals surface area contributed by atoms with Gasteiger partial charge in [0.2, 0.25) is 0 Å². The molecule has 1 aromatic rings. The monoisotopic (exact) mass is 232 g/mol. The first kappa shape index (κ1) is 12.5. The van der Waals surface area contributed by atoms with E-state index in [4.69, 9.17) is 4.74 Å². The minimum atomic E-state index is 0.0100. The van der Waals surface area contributed by atoms with E-state index in [0.29, 0.717) is 0 Å². The van der Waals surface area contributed by atoms with E-state index >= 15 is 0 Å². The molecule has 0 radical (unpaired) electrons. The average molecular weight is 232 g/mol. The normalized spacial score (nSPS) is 24.0. The highest BCUT2D eigenvalue weighted by atomic mass is 16.5. The van der Waals surface area contributed by atoms with E-state index in [-0.39, 0.29) is 11.0 Å². The lowest BCUT2D eigenvalue weighted by molar-refractivity contribution is -0.0639. The summed E-state index contributed by atoms with van der Waals surface area (Å²) in [4.78, 5) is 0. The molecule has 94 valence electrons. The third-order valence-electron chi connectivity index (χ3n) is 4.76. The zero-order chi connectivity index (χ0) is 12.5. The molecule has 1 heteroatoms. The Kier molecular flexibility index (Phi) is 3.20. The molecule has 1 aromatic carbocycles. The second kappa shape index (κ2) is 4.36. The molecule has 1 nitrogen and oxygen atoms in total. The molecular weight excluding hydrogens is 208 g/mol. The molecule has 0 N–H and O–H groups in total. The fourth-order valence-electron chi connectivity index (χ4n) is 2.93. The van der Waals surface area contributed by atoms with Gasteiger partial charge in [0.1, 0.15) is 11.4 Å². The Morgan fingerprint density at radius 1 is 1.24 bits per heavy atom. The highest BCUT2D eigenvalue weighted by Crippen LogP contribution is 2.47. The molecule has 1 atom stereocenters. The SMILES string of the molecule is CCC(C)(C)C1(CC)CCc2ccccc2O1. The zero-order valence-electron chi connectivity index (χ0n) is 11.5. The summed E-state index contributed by atoms with van der Waals surface area (Å²) in [6.45, 7) is 9.20. The van der Waals surface area contributed by atoms with E-state index in [1.165, 1.54) is 5.56 Å². The van der Waals surface area contributed by atoms with E-state index < -0.39 is 0 Å². The second-order valence-corrected chi connectivity index (χ2v) is 5.80. The van der Waals surface area contributed by atoms with E-state index in [9.17, 15) is 0 Å². The van der Waals surface area contributed by atoms with Gasteiger partial charge in [-0.1, -0.05) is 45.9 Å². The van der Waals surface area contributed by atoms with Crippen molar-refractivity contribution in [3.63, 3.8) is 0 Å². The van der Waals surface area contributed by atoms with Crippen LogP contribution in [0, 0.1) is 5.41 Å². The summed E-state index contributed by atoms with van der Waals surface area (Å²) in [5.41, 5.74) is 1.61. The van der Waals surface area contributed by atoms with Crippen LogP contribution in [0.2, 0.25) is 0 Å². The standard InChI is InChI=1S/C16H24O/c1-5-15(3,4)16(6-2)12-11-13-9-7-8-10-14(13)17-16/h7-10H,5-6,11-12H2,1-4H3.